The van der Waals surface area contributed by atoms with Gasteiger partial charge in [-0.3, -0.25) is 19.4 Å². The lowest BCUT2D eigenvalue weighted by Gasteiger charge is -2.34. The van der Waals surface area contributed by atoms with Gasteiger partial charge >= 0.3 is 0 Å². The first kappa shape index (κ1) is 24.1. The molecule has 3 aromatic rings. The monoisotopic (exact) mass is 476 g/mol. The molecule has 2 heterocycles. The molecule has 0 radical (unpaired) electrons. The largest absolute Gasteiger partial charge is 0.343 e. The lowest BCUT2D eigenvalue weighted by molar-refractivity contribution is -0.124. The maximum atomic E-state index is 12.9. The van der Waals surface area contributed by atoms with E-state index in [1.54, 1.807) is 11.3 Å². The molecule has 2 amide bonds. The maximum absolute atomic E-state index is 12.9. The zero-order chi connectivity index (χ0) is 23.9. The summed E-state index contributed by atoms with van der Waals surface area (Å²) >= 11 is 1.65. The van der Waals surface area contributed by atoms with Gasteiger partial charge in [0.1, 0.15) is 0 Å². The Morgan fingerprint density at radius 3 is 2.03 bits per heavy atom. The van der Waals surface area contributed by atoms with E-state index in [2.05, 4.69) is 26.5 Å². The second-order valence-electron chi connectivity index (χ2n) is 8.79. The number of nitrogens with one attached hydrogen (secondary N) is 2. The third-order valence-electron chi connectivity index (χ3n) is 6.21. The minimum atomic E-state index is -0.136. The summed E-state index contributed by atoms with van der Waals surface area (Å²) in [6.07, 6.45) is 0. The number of anilines is 1. The normalized spacial score (nSPS) is 15.6. The highest BCUT2D eigenvalue weighted by atomic mass is 32.1. The predicted molar refractivity (Wildman–Crippen MR) is 138 cm³/mol. The van der Waals surface area contributed by atoms with Gasteiger partial charge in [0.05, 0.1) is 19.1 Å². The fourth-order valence-corrected chi connectivity index (χ4v) is 5.13. The van der Waals surface area contributed by atoms with E-state index in [9.17, 15) is 9.59 Å². The number of rotatable bonds is 8. The van der Waals surface area contributed by atoms with Gasteiger partial charge in [-0.2, -0.15) is 0 Å². The quantitative estimate of drug-likeness (QED) is 0.519. The van der Waals surface area contributed by atoms with Crippen LogP contribution in [0.2, 0.25) is 0 Å². The Hall–Kier alpha value is -3.00. The Kier molecular flexibility index (Phi) is 8.11. The Balaban J connectivity index is 1.26. The van der Waals surface area contributed by atoms with E-state index in [4.69, 9.17) is 0 Å². The summed E-state index contributed by atoms with van der Waals surface area (Å²) in [5.74, 6) is 0.0220. The summed E-state index contributed by atoms with van der Waals surface area (Å²) in [6, 6.07) is 20.0. The Labute approximate surface area is 205 Å². The maximum Gasteiger partial charge on any atom is 0.238 e. The van der Waals surface area contributed by atoms with Gasteiger partial charge in [0.25, 0.3) is 0 Å². The molecule has 1 atom stereocenters. The molecule has 7 heteroatoms. The fraction of sp³-hybridized carbons (Fsp3) is 0.333. The number of para-hydroxylation sites is 1. The first-order valence-corrected chi connectivity index (χ1v) is 12.6. The van der Waals surface area contributed by atoms with E-state index in [0.29, 0.717) is 13.1 Å². The van der Waals surface area contributed by atoms with Gasteiger partial charge in [0, 0.05) is 36.7 Å². The van der Waals surface area contributed by atoms with Crippen molar-refractivity contribution in [3.63, 3.8) is 0 Å². The molecule has 0 unspecified atom stereocenters. The summed E-state index contributed by atoms with van der Waals surface area (Å²) in [5.41, 5.74) is 4.13. The van der Waals surface area contributed by atoms with Gasteiger partial charge in [-0.15, -0.1) is 11.3 Å². The third kappa shape index (κ3) is 6.32. The summed E-state index contributed by atoms with van der Waals surface area (Å²) in [5, 5.41) is 8.31. The van der Waals surface area contributed by atoms with Crippen molar-refractivity contribution < 1.29 is 9.59 Å². The van der Waals surface area contributed by atoms with Gasteiger partial charge in [0.15, 0.2) is 0 Å². The van der Waals surface area contributed by atoms with E-state index in [1.807, 2.05) is 73.8 Å². The van der Waals surface area contributed by atoms with Gasteiger partial charge < -0.3 is 10.6 Å². The summed E-state index contributed by atoms with van der Waals surface area (Å²) in [7, 11) is 0. The standard InChI is InChI=1S/C27H32N4O2S/c1-20-8-6-9-21(2)26(20)28-24(32)18-30-13-15-31(16-14-30)19-25(33)29-27(23-12-7-17-34-23)22-10-4-3-5-11-22/h3-12,17,27H,13-16,18-19H2,1-2H3,(H,28,32)(H,29,33)/t27-/m1/s1. The number of aryl methyl sites for hydroxylation is 2. The van der Waals surface area contributed by atoms with Crippen LogP contribution in [0.5, 0.6) is 0 Å². The van der Waals surface area contributed by atoms with Gasteiger partial charge in [0.2, 0.25) is 11.8 Å². The highest BCUT2D eigenvalue weighted by Gasteiger charge is 2.23. The van der Waals surface area contributed by atoms with Crippen molar-refractivity contribution in [2.24, 2.45) is 0 Å². The molecule has 1 aliphatic heterocycles. The number of hydrogen-bond donors (Lipinski definition) is 2. The molecule has 0 spiro atoms. The lowest BCUT2D eigenvalue weighted by Crippen LogP contribution is -2.51. The van der Waals surface area contributed by atoms with Crippen LogP contribution in [-0.2, 0) is 9.59 Å². The molecule has 0 aliphatic carbocycles. The number of hydrogen-bond acceptors (Lipinski definition) is 5. The average Bonchev–Trinajstić information content (AvgIpc) is 3.37. The Morgan fingerprint density at radius 2 is 1.44 bits per heavy atom. The van der Waals surface area contributed by atoms with Crippen LogP contribution < -0.4 is 10.6 Å². The molecular weight excluding hydrogens is 444 g/mol. The van der Waals surface area contributed by atoms with Crippen LogP contribution in [0.1, 0.15) is 27.6 Å². The van der Waals surface area contributed by atoms with Crippen molar-refractivity contribution in [1.82, 2.24) is 15.1 Å². The number of piperazine rings is 1. The SMILES string of the molecule is Cc1cccc(C)c1NC(=O)CN1CCN(CC(=O)N[C@H](c2ccccc2)c2cccs2)CC1. The third-order valence-corrected chi connectivity index (χ3v) is 7.15. The molecular formula is C27H32N4O2S. The fourth-order valence-electron chi connectivity index (χ4n) is 4.33. The summed E-state index contributed by atoms with van der Waals surface area (Å²) < 4.78 is 0. The van der Waals surface area contributed by atoms with E-state index in [1.165, 1.54) is 0 Å². The number of carbonyl (C=O) groups excluding carboxylic acids is 2. The van der Waals surface area contributed by atoms with Crippen LogP contribution >= 0.6 is 11.3 Å². The molecule has 2 N–H and O–H groups in total. The Bertz CT molecular complexity index is 1070. The highest BCUT2D eigenvalue weighted by Crippen LogP contribution is 2.26. The van der Waals surface area contributed by atoms with Crippen LogP contribution in [0.3, 0.4) is 0 Å². The minimum absolute atomic E-state index is 0.00486. The summed E-state index contributed by atoms with van der Waals surface area (Å²) in [4.78, 5) is 30.9. The van der Waals surface area contributed by atoms with E-state index >= 15 is 0 Å². The molecule has 0 saturated carbocycles. The number of amides is 2. The minimum Gasteiger partial charge on any atom is -0.343 e. The lowest BCUT2D eigenvalue weighted by atomic mass is 10.1. The molecule has 0 bridgehead atoms. The van der Waals surface area contributed by atoms with E-state index in [-0.39, 0.29) is 17.9 Å². The molecule has 1 aliphatic rings. The number of nitrogens with zero attached hydrogens (tertiary/aromatic N) is 2. The van der Waals surface area contributed by atoms with E-state index < -0.39 is 0 Å². The number of benzene rings is 2. The molecule has 2 aromatic carbocycles. The number of thiophene rings is 1. The van der Waals surface area contributed by atoms with Gasteiger partial charge in [-0.1, -0.05) is 54.6 Å². The zero-order valence-electron chi connectivity index (χ0n) is 19.8. The van der Waals surface area contributed by atoms with Crippen molar-refractivity contribution in [3.05, 3.63) is 87.6 Å². The predicted octanol–water partition coefficient (Wildman–Crippen LogP) is 3.83. The second kappa shape index (κ2) is 11.4. The van der Waals surface area contributed by atoms with Gasteiger partial charge in [-0.05, 0) is 42.0 Å². The van der Waals surface area contributed by atoms with Crippen molar-refractivity contribution in [2.45, 2.75) is 19.9 Å². The zero-order valence-corrected chi connectivity index (χ0v) is 20.6. The van der Waals surface area contributed by atoms with Crippen molar-refractivity contribution in [3.8, 4) is 0 Å². The highest BCUT2D eigenvalue weighted by molar-refractivity contribution is 7.10. The molecule has 34 heavy (non-hydrogen) atoms. The number of carbonyl (C=O) groups is 2. The molecule has 1 fully saturated rings. The van der Waals surface area contributed by atoms with E-state index in [0.717, 1.165) is 53.4 Å². The Morgan fingerprint density at radius 1 is 0.824 bits per heavy atom. The molecule has 1 saturated heterocycles. The summed E-state index contributed by atoms with van der Waals surface area (Å²) in [6.45, 7) is 7.79. The first-order chi connectivity index (χ1) is 16.5. The van der Waals surface area contributed by atoms with Gasteiger partial charge in [-0.25, -0.2) is 0 Å². The molecule has 4 rings (SSSR count). The van der Waals surface area contributed by atoms with Crippen LogP contribution in [0.4, 0.5) is 5.69 Å². The van der Waals surface area contributed by atoms with Crippen LogP contribution in [0.15, 0.2) is 66.0 Å². The van der Waals surface area contributed by atoms with Crippen molar-refractivity contribution >= 4 is 28.8 Å². The smallest absolute Gasteiger partial charge is 0.238 e. The van der Waals surface area contributed by atoms with Crippen molar-refractivity contribution in [1.29, 1.82) is 0 Å². The molecule has 178 valence electrons. The van der Waals surface area contributed by atoms with Crippen LogP contribution in [0, 0.1) is 13.8 Å². The first-order valence-electron chi connectivity index (χ1n) is 11.7. The molecule has 1 aromatic heterocycles. The topological polar surface area (TPSA) is 64.7 Å². The van der Waals surface area contributed by atoms with Crippen molar-refractivity contribution in [2.75, 3.05) is 44.6 Å². The van der Waals surface area contributed by atoms with Crippen LogP contribution in [-0.4, -0.2) is 60.9 Å². The second-order valence-corrected chi connectivity index (χ2v) is 9.77. The van der Waals surface area contributed by atoms with Crippen LogP contribution in [0.25, 0.3) is 0 Å². The molecule has 6 nitrogen and oxygen atoms in total. The average molecular weight is 477 g/mol.